The Balaban J connectivity index is 1.56. The third kappa shape index (κ3) is 8.34. The fraction of sp³-hybridized carbons (Fsp3) is 0.333. The molecule has 0 spiro atoms. The molecule has 0 saturated heterocycles. The van der Waals surface area contributed by atoms with E-state index in [9.17, 15) is 14.0 Å². The van der Waals surface area contributed by atoms with Crippen LogP contribution in [0.15, 0.2) is 78.9 Å². The smallest absolute Gasteiger partial charge is 0.243 e. The SMILES string of the molecule is O=C(NC1CCCC1)[C@@H](Cc1ccccc1)N(Cc1cccc(Cl)c1)C(=O)CSCc1ccc(F)cc1. The summed E-state index contributed by atoms with van der Waals surface area (Å²) in [5.74, 6) is 0.271. The highest BCUT2D eigenvalue weighted by atomic mass is 35.5. The molecule has 0 radical (unpaired) electrons. The second-order valence-corrected chi connectivity index (χ2v) is 10.9. The molecule has 1 N–H and O–H groups in total. The van der Waals surface area contributed by atoms with E-state index in [1.165, 1.54) is 23.9 Å². The normalized spacial score (nSPS) is 14.3. The van der Waals surface area contributed by atoms with E-state index in [0.717, 1.165) is 42.4 Å². The van der Waals surface area contributed by atoms with Crippen molar-refractivity contribution in [1.82, 2.24) is 10.2 Å². The second kappa shape index (κ2) is 13.6. The summed E-state index contributed by atoms with van der Waals surface area (Å²) >= 11 is 7.70. The monoisotopic (exact) mass is 538 g/mol. The van der Waals surface area contributed by atoms with Crippen LogP contribution in [0.1, 0.15) is 42.4 Å². The zero-order valence-electron chi connectivity index (χ0n) is 20.7. The lowest BCUT2D eigenvalue weighted by molar-refractivity contribution is -0.139. The topological polar surface area (TPSA) is 49.4 Å². The van der Waals surface area contributed by atoms with Gasteiger partial charge in [0.1, 0.15) is 11.9 Å². The number of benzene rings is 3. The van der Waals surface area contributed by atoms with Crippen LogP contribution in [0.2, 0.25) is 5.02 Å². The Bertz CT molecular complexity index is 1170. The van der Waals surface area contributed by atoms with E-state index in [0.29, 0.717) is 17.2 Å². The zero-order chi connectivity index (χ0) is 26.0. The summed E-state index contributed by atoms with van der Waals surface area (Å²) in [5.41, 5.74) is 2.81. The average molecular weight is 539 g/mol. The highest BCUT2D eigenvalue weighted by molar-refractivity contribution is 7.99. The quantitative estimate of drug-likeness (QED) is 0.307. The van der Waals surface area contributed by atoms with Crippen LogP contribution in [0.4, 0.5) is 4.39 Å². The van der Waals surface area contributed by atoms with Crippen LogP contribution >= 0.6 is 23.4 Å². The first-order valence-electron chi connectivity index (χ1n) is 12.7. The fourth-order valence-corrected chi connectivity index (χ4v) is 5.76. The van der Waals surface area contributed by atoms with Crippen molar-refractivity contribution in [2.75, 3.05) is 5.75 Å². The predicted octanol–water partition coefficient (Wildman–Crippen LogP) is 6.41. The van der Waals surface area contributed by atoms with Crippen LogP contribution in [0.5, 0.6) is 0 Å². The van der Waals surface area contributed by atoms with Crippen molar-refractivity contribution in [2.24, 2.45) is 0 Å². The van der Waals surface area contributed by atoms with Gasteiger partial charge in [0, 0.05) is 29.8 Å². The van der Waals surface area contributed by atoms with Gasteiger partial charge in [-0.15, -0.1) is 11.8 Å². The molecule has 1 fully saturated rings. The van der Waals surface area contributed by atoms with Crippen LogP contribution < -0.4 is 5.32 Å². The molecular formula is C30H32ClFN2O2S. The van der Waals surface area contributed by atoms with Gasteiger partial charge in [-0.2, -0.15) is 0 Å². The number of nitrogens with one attached hydrogen (secondary N) is 1. The Labute approximate surface area is 227 Å². The van der Waals surface area contributed by atoms with E-state index in [2.05, 4.69) is 5.32 Å². The van der Waals surface area contributed by atoms with Crippen LogP contribution in [-0.2, 0) is 28.3 Å². The van der Waals surface area contributed by atoms with Crippen LogP contribution in [0, 0.1) is 5.82 Å². The van der Waals surface area contributed by atoms with Gasteiger partial charge >= 0.3 is 0 Å². The standard InChI is InChI=1S/C30H32ClFN2O2S/c31-25-10-6-9-24(17-25)19-34(29(35)21-37-20-23-13-15-26(32)16-14-23)28(18-22-7-2-1-3-8-22)30(36)33-27-11-4-5-12-27/h1-3,6-10,13-17,27-28H,4-5,11-12,18-21H2,(H,33,36)/t28-/m1/s1. The number of hydrogen-bond donors (Lipinski definition) is 1. The molecule has 0 unspecified atom stereocenters. The molecule has 3 aromatic rings. The first kappa shape index (κ1) is 27.2. The summed E-state index contributed by atoms with van der Waals surface area (Å²) in [4.78, 5) is 29.0. The number of carbonyl (C=O) groups excluding carboxylic acids is 2. The van der Waals surface area contributed by atoms with Crippen molar-refractivity contribution in [3.05, 3.63) is 106 Å². The minimum atomic E-state index is -0.652. The molecule has 0 aliphatic heterocycles. The van der Waals surface area contributed by atoms with Gasteiger partial charge in [0.25, 0.3) is 0 Å². The van der Waals surface area contributed by atoms with E-state index >= 15 is 0 Å². The molecule has 0 heterocycles. The molecule has 194 valence electrons. The highest BCUT2D eigenvalue weighted by Gasteiger charge is 2.32. The molecule has 1 aliphatic carbocycles. The first-order chi connectivity index (χ1) is 18.0. The number of thioether (sulfide) groups is 1. The van der Waals surface area contributed by atoms with Gasteiger partial charge in [0.2, 0.25) is 11.8 Å². The zero-order valence-corrected chi connectivity index (χ0v) is 22.3. The van der Waals surface area contributed by atoms with Crippen molar-refractivity contribution in [2.45, 2.75) is 56.5 Å². The molecule has 37 heavy (non-hydrogen) atoms. The predicted molar refractivity (Wildman–Crippen MR) is 149 cm³/mol. The first-order valence-corrected chi connectivity index (χ1v) is 14.2. The third-order valence-electron chi connectivity index (χ3n) is 6.62. The lowest BCUT2D eigenvalue weighted by Gasteiger charge is -2.32. The van der Waals surface area contributed by atoms with Crippen molar-refractivity contribution >= 4 is 35.2 Å². The Morgan fingerprint density at radius 2 is 1.65 bits per heavy atom. The van der Waals surface area contributed by atoms with Crippen LogP contribution in [0.3, 0.4) is 0 Å². The Hall–Kier alpha value is -2.83. The molecule has 4 nitrogen and oxygen atoms in total. The van der Waals surface area contributed by atoms with Gasteiger partial charge in [-0.3, -0.25) is 9.59 Å². The van der Waals surface area contributed by atoms with Gasteiger partial charge < -0.3 is 10.2 Å². The van der Waals surface area contributed by atoms with Crippen molar-refractivity contribution in [3.63, 3.8) is 0 Å². The number of rotatable bonds is 11. The van der Waals surface area contributed by atoms with Gasteiger partial charge in [-0.05, 0) is 53.8 Å². The second-order valence-electron chi connectivity index (χ2n) is 9.47. The van der Waals surface area contributed by atoms with E-state index in [4.69, 9.17) is 11.6 Å². The Morgan fingerprint density at radius 1 is 0.946 bits per heavy atom. The molecule has 3 aromatic carbocycles. The average Bonchev–Trinajstić information content (AvgIpc) is 3.41. The number of hydrogen-bond acceptors (Lipinski definition) is 3. The number of amides is 2. The Morgan fingerprint density at radius 3 is 2.35 bits per heavy atom. The van der Waals surface area contributed by atoms with Gasteiger partial charge in [0.05, 0.1) is 5.75 Å². The number of halogens is 2. The summed E-state index contributed by atoms with van der Waals surface area (Å²) in [6, 6.07) is 23.0. The molecule has 4 rings (SSSR count). The van der Waals surface area contributed by atoms with Crippen LogP contribution in [-0.4, -0.2) is 34.6 Å². The van der Waals surface area contributed by atoms with E-state index in [-0.39, 0.29) is 36.0 Å². The summed E-state index contributed by atoms with van der Waals surface area (Å²) in [6.07, 6.45) is 4.59. The molecule has 0 aromatic heterocycles. The lowest BCUT2D eigenvalue weighted by atomic mass is 10.0. The number of nitrogens with zero attached hydrogens (tertiary/aromatic N) is 1. The minimum absolute atomic E-state index is 0.116. The molecule has 2 amide bonds. The summed E-state index contributed by atoms with van der Waals surface area (Å²) < 4.78 is 13.3. The lowest BCUT2D eigenvalue weighted by Crippen LogP contribution is -2.52. The summed E-state index contributed by atoms with van der Waals surface area (Å²) in [6.45, 7) is 0.284. The third-order valence-corrected chi connectivity index (χ3v) is 7.85. The molecule has 1 aliphatic rings. The van der Waals surface area contributed by atoms with Crippen molar-refractivity contribution in [1.29, 1.82) is 0 Å². The van der Waals surface area contributed by atoms with E-state index in [1.54, 1.807) is 23.1 Å². The molecule has 1 atom stereocenters. The maximum atomic E-state index is 13.7. The van der Waals surface area contributed by atoms with Gasteiger partial charge in [0.15, 0.2) is 0 Å². The van der Waals surface area contributed by atoms with E-state index in [1.807, 2.05) is 48.5 Å². The van der Waals surface area contributed by atoms with Crippen LogP contribution in [0.25, 0.3) is 0 Å². The molecule has 1 saturated carbocycles. The summed E-state index contributed by atoms with van der Waals surface area (Å²) in [7, 11) is 0. The minimum Gasteiger partial charge on any atom is -0.352 e. The Kier molecular flexibility index (Phi) is 10.0. The maximum Gasteiger partial charge on any atom is 0.243 e. The molecule has 0 bridgehead atoms. The van der Waals surface area contributed by atoms with Crippen molar-refractivity contribution in [3.8, 4) is 0 Å². The van der Waals surface area contributed by atoms with E-state index < -0.39 is 6.04 Å². The fourth-order valence-electron chi connectivity index (χ4n) is 4.67. The van der Waals surface area contributed by atoms with Gasteiger partial charge in [-0.1, -0.05) is 79.0 Å². The maximum absolute atomic E-state index is 13.7. The largest absolute Gasteiger partial charge is 0.352 e. The molecule has 7 heteroatoms. The number of carbonyl (C=O) groups is 2. The molecular weight excluding hydrogens is 507 g/mol. The summed E-state index contributed by atoms with van der Waals surface area (Å²) in [5, 5.41) is 3.81. The highest BCUT2D eigenvalue weighted by Crippen LogP contribution is 2.22. The van der Waals surface area contributed by atoms with Gasteiger partial charge in [-0.25, -0.2) is 4.39 Å². The van der Waals surface area contributed by atoms with Crippen molar-refractivity contribution < 1.29 is 14.0 Å².